The van der Waals surface area contributed by atoms with Gasteiger partial charge in [-0.25, -0.2) is 0 Å². The maximum absolute atomic E-state index is 11.1. The Bertz CT molecular complexity index is 1250. The van der Waals surface area contributed by atoms with Gasteiger partial charge in [-0.3, -0.25) is 10.1 Å². The van der Waals surface area contributed by atoms with Gasteiger partial charge in [-0.1, -0.05) is 30.3 Å². The molecule has 1 aromatic heterocycles. The van der Waals surface area contributed by atoms with Crippen molar-refractivity contribution in [1.82, 2.24) is 4.37 Å². The normalized spacial score (nSPS) is 11.3. The van der Waals surface area contributed by atoms with Gasteiger partial charge in [0.25, 0.3) is 5.69 Å². The van der Waals surface area contributed by atoms with Crippen LogP contribution in [-0.2, 0) is 6.54 Å². The number of nitro groups is 1. The van der Waals surface area contributed by atoms with Crippen LogP contribution < -0.4 is 4.90 Å². The number of nitrogens with zero attached hydrogens (tertiary/aromatic N) is 5. The molecular weight excluding hydrogens is 410 g/mol. The lowest BCUT2D eigenvalue weighted by atomic mass is 10.1. The second kappa shape index (κ2) is 9.01. The summed E-state index contributed by atoms with van der Waals surface area (Å²) in [6.07, 6.45) is 0. The van der Waals surface area contributed by atoms with Crippen molar-refractivity contribution in [3.63, 3.8) is 0 Å². The molecule has 0 bridgehead atoms. The van der Waals surface area contributed by atoms with Crippen molar-refractivity contribution in [2.24, 2.45) is 10.2 Å². The second-order valence-corrected chi connectivity index (χ2v) is 7.87. The lowest BCUT2D eigenvalue weighted by Crippen LogP contribution is -2.21. The number of fused-ring (bicyclic) bond motifs is 1. The maximum atomic E-state index is 11.1. The van der Waals surface area contributed by atoms with E-state index in [1.54, 1.807) is 6.07 Å². The van der Waals surface area contributed by atoms with E-state index in [1.165, 1.54) is 29.2 Å². The van der Waals surface area contributed by atoms with Crippen LogP contribution in [0.4, 0.5) is 22.1 Å². The standard InChI is InChI=1S/C23H21N5O2S/c1-3-27(15-17-7-5-4-6-8-17)18-9-11-21(16(2)13-18)24-25-23-20-14-19(28(29)30)10-12-22(20)26-31-23/h4-14H,3,15H2,1-2H3. The molecule has 0 saturated carbocycles. The quantitative estimate of drug-likeness (QED) is 0.180. The first-order valence-corrected chi connectivity index (χ1v) is 10.7. The lowest BCUT2D eigenvalue weighted by molar-refractivity contribution is -0.384. The molecule has 7 nitrogen and oxygen atoms in total. The number of non-ortho nitro benzene ring substituents is 1. The Kier molecular flexibility index (Phi) is 5.99. The number of benzene rings is 3. The summed E-state index contributed by atoms with van der Waals surface area (Å²) in [6, 6.07) is 21.1. The van der Waals surface area contributed by atoms with Gasteiger partial charge in [0.1, 0.15) is 0 Å². The van der Waals surface area contributed by atoms with Crippen LogP contribution in [0.2, 0.25) is 0 Å². The zero-order chi connectivity index (χ0) is 21.8. The Morgan fingerprint density at radius 3 is 2.58 bits per heavy atom. The van der Waals surface area contributed by atoms with E-state index in [9.17, 15) is 10.1 Å². The number of aromatic nitrogens is 1. The van der Waals surface area contributed by atoms with Crippen LogP contribution in [0.25, 0.3) is 10.9 Å². The van der Waals surface area contributed by atoms with Gasteiger partial charge in [-0.05, 0) is 60.8 Å². The van der Waals surface area contributed by atoms with Crippen molar-refractivity contribution in [2.45, 2.75) is 20.4 Å². The number of aryl methyl sites for hydroxylation is 1. The third-order valence-corrected chi connectivity index (χ3v) is 5.81. The Labute approximate surface area is 184 Å². The van der Waals surface area contributed by atoms with Crippen molar-refractivity contribution in [2.75, 3.05) is 11.4 Å². The zero-order valence-corrected chi connectivity index (χ0v) is 18.0. The fourth-order valence-electron chi connectivity index (χ4n) is 3.34. The minimum atomic E-state index is -0.421. The van der Waals surface area contributed by atoms with Gasteiger partial charge in [0.15, 0.2) is 5.00 Å². The molecule has 0 aliphatic carbocycles. The van der Waals surface area contributed by atoms with Crippen molar-refractivity contribution < 1.29 is 4.92 Å². The first kappa shape index (κ1) is 20.6. The summed E-state index contributed by atoms with van der Waals surface area (Å²) in [5, 5.41) is 21.0. The zero-order valence-electron chi connectivity index (χ0n) is 17.2. The summed E-state index contributed by atoms with van der Waals surface area (Å²) < 4.78 is 4.30. The molecule has 1 heterocycles. The minimum Gasteiger partial charge on any atom is -0.367 e. The number of anilines is 1. The molecule has 0 amide bonds. The lowest BCUT2D eigenvalue weighted by Gasteiger charge is -2.24. The predicted octanol–water partition coefficient (Wildman–Crippen LogP) is 6.95. The van der Waals surface area contributed by atoms with Crippen molar-refractivity contribution in [3.8, 4) is 0 Å². The van der Waals surface area contributed by atoms with Crippen LogP contribution in [0.5, 0.6) is 0 Å². The largest absolute Gasteiger partial charge is 0.367 e. The summed E-state index contributed by atoms with van der Waals surface area (Å²) in [5.41, 5.74) is 4.84. The smallest absolute Gasteiger partial charge is 0.270 e. The summed E-state index contributed by atoms with van der Waals surface area (Å²) in [7, 11) is 0. The van der Waals surface area contributed by atoms with E-state index in [4.69, 9.17) is 0 Å². The minimum absolute atomic E-state index is 0.0164. The van der Waals surface area contributed by atoms with E-state index in [0.29, 0.717) is 15.9 Å². The van der Waals surface area contributed by atoms with Gasteiger partial charge in [0, 0.05) is 36.3 Å². The van der Waals surface area contributed by atoms with Crippen molar-refractivity contribution in [1.29, 1.82) is 0 Å². The van der Waals surface area contributed by atoms with Crippen LogP contribution in [0.15, 0.2) is 77.0 Å². The number of hydrogen-bond acceptors (Lipinski definition) is 7. The molecule has 0 aliphatic rings. The summed E-state index contributed by atoms with van der Waals surface area (Å²) in [4.78, 5) is 12.9. The molecule has 156 valence electrons. The van der Waals surface area contributed by atoms with E-state index >= 15 is 0 Å². The molecule has 0 radical (unpaired) electrons. The first-order chi connectivity index (χ1) is 15.0. The van der Waals surface area contributed by atoms with Crippen LogP contribution >= 0.6 is 11.5 Å². The fraction of sp³-hybridized carbons (Fsp3) is 0.174. The van der Waals surface area contributed by atoms with Gasteiger partial charge in [-0.2, -0.15) is 4.37 Å². The van der Waals surface area contributed by atoms with Crippen LogP contribution in [-0.4, -0.2) is 15.8 Å². The van der Waals surface area contributed by atoms with Gasteiger partial charge in [-0.15, -0.1) is 10.2 Å². The summed E-state index contributed by atoms with van der Waals surface area (Å²) in [5.74, 6) is 0. The van der Waals surface area contributed by atoms with E-state index < -0.39 is 4.92 Å². The van der Waals surface area contributed by atoms with E-state index in [2.05, 4.69) is 56.8 Å². The third kappa shape index (κ3) is 4.59. The monoisotopic (exact) mass is 431 g/mol. The predicted molar refractivity (Wildman–Crippen MR) is 125 cm³/mol. The highest BCUT2D eigenvalue weighted by atomic mass is 32.1. The highest BCUT2D eigenvalue weighted by molar-refractivity contribution is 7.11. The van der Waals surface area contributed by atoms with E-state index in [1.807, 2.05) is 25.1 Å². The summed E-state index contributed by atoms with van der Waals surface area (Å²) in [6.45, 7) is 5.87. The van der Waals surface area contributed by atoms with Crippen molar-refractivity contribution >= 4 is 44.5 Å². The Morgan fingerprint density at radius 2 is 1.87 bits per heavy atom. The molecule has 4 rings (SSSR count). The molecule has 0 atom stereocenters. The van der Waals surface area contributed by atoms with Crippen LogP contribution in [0.1, 0.15) is 18.1 Å². The van der Waals surface area contributed by atoms with Crippen LogP contribution in [0, 0.1) is 17.0 Å². The number of rotatable bonds is 7. The topological polar surface area (TPSA) is 84.0 Å². The Balaban J connectivity index is 1.57. The van der Waals surface area contributed by atoms with Gasteiger partial charge in [0.05, 0.1) is 16.1 Å². The molecule has 4 aromatic rings. The second-order valence-electron chi connectivity index (χ2n) is 7.12. The van der Waals surface area contributed by atoms with Gasteiger partial charge in [0.2, 0.25) is 0 Å². The van der Waals surface area contributed by atoms with Gasteiger partial charge < -0.3 is 4.90 Å². The van der Waals surface area contributed by atoms with Crippen molar-refractivity contribution in [3.05, 3.63) is 88.0 Å². The number of azo groups is 1. The van der Waals surface area contributed by atoms with Crippen LogP contribution in [0.3, 0.4) is 0 Å². The number of nitro benzene ring substituents is 1. The molecule has 3 aromatic carbocycles. The number of hydrogen-bond donors (Lipinski definition) is 0. The molecule has 31 heavy (non-hydrogen) atoms. The first-order valence-electron chi connectivity index (χ1n) is 9.90. The average Bonchev–Trinajstić information content (AvgIpc) is 3.19. The Morgan fingerprint density at radius 1 is 1.06 bits per heavy atom. The Hall–Kier alpha value is -3.65. The summed E-state index contributed by atoms with van der Waals surface area (Å²) >= 11 is 1.18. The molecule has 0 unspecified atom stereocenters. The molecular formula is C23H21N5O2S. The fourth-order valence-corrected chi connectivity index (χ4v) is 4.02. The molecule has 0 spiro atoms. The highest BCUT2D eigenvalue weighted by Crippen LogP contribution is 2.35. The van der Waals surface area contributed by atoms with Gasteiger partial charge >= 0.3 is 0 Å². The maximum Gasteiger partial charge on any atom is 0.270 e. The van der Waals surface area contributed by atoms with E-state index in [-0.39, 0.29) is 5.69 Å². The van der Waals surface area contributed by atoms with E-state index in [0.717, 1.165) is 30.0 Å². The molecule has 0 N–H and O–H groups in total. The average molecular weight is 432 g/mol. The molecule has 0 fully saturated rings. The third-order valence-electron chi connectivity index (χ3n) is 5.04. The highest BCUT2D eigenvalue weighted by Gasteiger charge is 2.12. The SMILES string of the molecule is CCN(Cc1ccccc1)c1ccc(N=Nc2snc3ccc([N+](=O)[O-])cc23)c(C)c1. The molecule has 8 heteroatoms. The molecule has 0 saturated heterocycles. The molecule has 0 aliphatic heterocycles.